The number of rotatable bonds is 8. The first-order valence-electron chi connectivity index (χ1n) is 10.7. The summed E-state index contributed by atoms with van der Waals surface area (Å²) in [6, 6.07) is 39.2. The van der Waals surface area contributed by atoms with E-state index >= 15 is 0 Å². The second-order valence-electron chi connectivity index (χ2n) is 7.71. The average molecular weight is 523 g/mol. The summed E-state index contributed by atoms with van der Waals surface area (Å²) in [5, 5.41) is -0.501. The Balaban J connectivity index is 2.31. The van der Waals surface area contributed by atoms with Gasteiger partial charge in [0.15, 0.2) is 0 Å². The third-order valence-electron chi connectivity index (χ3n) is 6.28. The summed E-state index contributed by atoms with van der Waals surface area (Å²) in [5.74, 6) is 0.692. The standard InChI is InChI=1S/C28H28BrO3P/c1-30-27-22-14-13-21-26(27)28(31-2,32-3)33(29,23-15-7-4-8-16-23,24-17-9-5-10-18-24)25-19-11-6-12-20-25/h4-22H,1-3H3. The van der Waals surface area contributed by atoms with Crippen LogP contribution in [0.1, 0.15) is 5.56 Å². The first kappa shape index (κ1) is 23.7. The number of halogens is 1. The fourth-order valence-electron chi connectivity index (χ4n) is 4.86. The first-order valence-corrected chi connectivity index (χ1v) is 15.0. The van der Waals surface area contributed by atoms with Gasteiger partial charge in [0, 0.05) is 0 Å². The van der Waals surface area contributed by atoms with Gasteiger partial charge in [-0.05, 0) is 0 Å². The Morgan fingerprint density at radius 2 is 0.909 bits per heavy atom. The van der Waals surface area contributed by atoms with Crippen molar-refractivity contribution in [3.8, 4) is 5.75 Å². The molecule has 3 nitrogen and oxygen atoms in total. The van der Waals surface area contributed by atoms with E-state index in [9.17, 15) is 0 Å². The molecule has 0 aliphatic carbocycles. The molecule has 0 atom stereocenters. The Labute approximate surface area is 204 Å². The molecule has 33 heavy (non-hydrogen) atoms. The van der Waals surface area contributed by atoms with Crippen LogP contribution in [0.25, 0.3) is 0 Å². The molecule has 0 aromatic heterocycles. The predicted octanol–water partition coefficient (Wildman–Crippen LogP) is 5.94. The third-order valence-corrected chi connectivity index (χ3v) is 16.9. The van der Waals surface area contributed by atoms with Crippen LogP contribution in [0.15, 0.2) is 115 Å². The number of hydrogen-bond acceptors (Lipinski definition) is 3. The molecule has 0 heterocycles. The fourth-order valence-corrected chi connectivity index (χ4v) is 13.9. The van der Waals surface area contributed by atoms with Crippen LogP contribution < -0.4 is 20.7 Å². The second-order valence-corrected chi connectivity index (χ2v) is 16.1. The molecular weight excluding hydrogens is 495 g/mol. The average Bonchev–Trinajstić information content (AvgIpc) is 2.91. The van der Waals surface area contributed by atoms with Crippen molar-refractivity contribution in [3.63, 3.8) is 0 Å². The van der Waals surface area contributed by atoms with Gasteiger partial charge in [0.1, 0.15) is 0 Å². The van der Waals surface area contributed by atoms with Crippen LogP contribution in [0, 0.1) is 0 Å². The summed E-state index contributed by atoms with van der Waals surface area (Å²) in [6.07, 6.45) is 0. The number of hydrogen-bond donors (Lipinski definition) is 0. The molecule has 0 N–H and O–H groups in total. The molecule has 0 aliphatic rings. The zero-order valence-corrected chi connectivity index (χ0v) is 21.5. The van der Waals surface area contributed by atoms with Gasteiger partial charge >= 0.3 is 204 Å². The Kier molecular flexibility index (Phi) is 6.74. The molecule has 0 bridgehead atoms. The van der Waals surface area contributed by atoms with Crippen LogP contribution in [0.4, 0.5) is 0 Å². The Hall–Kier alpha value is -2.49. The molecule has 0 spiro atoms. The third kappa shape index (κ3) is 3.28. The topological polar surface area (TPSA) is 27.7 Å². The molecule has 4 aromatic rings. The number of benzene rings is 4. The van der Waals surface area contributed by atoms with Crippen molar-refractivity contribution < 1.29 is 14.2 Å². The minimum atomic E-state index is -3.74. The van der Waals surface area contributed by atoms with E-state index in [1.54, 1.807) is 21.3 Å². The quantitative estimate of drug-likeness (QED) is 0.212. The monoisotopic (exact) mass is 522 g/mol. The van der Waals surface area contributed by atoms with Crippen LogP contribution in [0.3, 0.4) is 0 Å². The number of para-hydroxylation sites is 1. The van der Waals surface area contributed by atoms with Gasteiger partial charge in [0.2, 0.25) is 0 Å². The van der Waals surface area contributed by atoms with E-state index < -0.39 is 10.8 Å². The molecule has 0 unspecified atom stereocenters. The molecule has 0 aliphatic heterocycles. The zero-order valence-electron chi connectivity index (χ0n) is 19.0. The molecule has 0 saturated heterocycles. The Morgan fingerprint density at radius 3 is 1.27 bits per heavy atom. The summed E-state index contributed by atoms with van der Waals surface area (Å²) in [5.41, 5.74) is -0.439. The maximum absolute atomic E-state index is 6.56. The molecule has 0 saturated carbocycles. The van der Waals surface area contributed by atoms with Gasteiger partial charge in [-0.1, -0.05) is 0 Å². The van der Waals surface area contributed by atoms with Gasteiger partial charge in [0.25, 0.3) is 0 Å². The molecule has 0 fully saturated rings. The summed E-state index contributed by atoms with van der Waals surface area (Å²) in [4.78, 5) is 0. The summed E-state index contributed by atoms with van der Waals surface area (Å²) >= 11 is 4.49. The molecule has 0 amide bonds. The maximum atomic E-state index is 6.56. The normalized spacial score (nSPS) is 13.2. The Morgan fingerprint density at radius 1 is 0.545 bits per heavy atom. The van der Waals surface area contributed by atoms with Crippen molar-refractivity contribution in [2.24, 2.45) is 0 Å². The molecule has 5 heteroatoms. The van der Waals surface area contributed by atoms with Crippen molar-refractivity contribution in [1.29, 1.82) is 0 Å². The van der Waals surface area contributed by atoms with Crippen molar-refractivity contribution >= 4 is 36.7 Å². The van der Waals surface area contributed by atoms with Crippen LogP contribution in [0.2, 0.25) is 0 Å². The van der Waals surface area contributed by atoms with E-state index in [2.05, 4.69) is 88.3 Å². The molecule has 170 valence electrons. The van der Waals surface area contributed by atoms with Crippen molar-refractivity contribution in [2.75, 3.05) is 21.3 Å². The van der Waals surface area contributed by atoms with E-state index in [1.807, 2.05) is 42.5 Å². The van der Waals surface area contributed by atoms with Crippen LogP contribution in [0.5, 0.6) is 5.75 Å². The van der Waals surface area contributed by atoms with Gasteiger partial charge in [0.05, 0.1) is 0 Å². The van der Waals surface area contributed by atoms with Crippen molar-refractivity contribution in [3.05, 3.63) is 121 Å². The molecule has 0 radical (unpaired) electrons. The zero-order chi connectivity index (χ0) is 23.4. The molecular formula is C28H28BrO3P. The van der Waals surface area contributed by atoms with Crippen molar-refractivity contribution in [2.45, 2.75) is 5.53 Å². The fraction of sp³-hybridized carbons (Fsp3) is 0.143. The van der Waals surface area contributed by atoms with E-state index in [1.165, 1.54) is 0 Å². The van der Waals surface area contributed by atoms with Crippen LogP contribution in [-0.2, 0) is 15.0 Å². The Bertz CT molecular complexity index is 1100. The summed E-state index contributed by atoms with van der Waals surface area (Å²) in [6.45, 7) is 0. The predicted molar refractivity (Wildman–Crippen MR) is 143 cm³/mol. The van der Waals surface area contributed by atoms with Gasteiger partial charge in [-0.2, -0.15) is 0 Å². The van der Waals surface area contributed by atoms with Gasteiger partial charge in [-0.15, -0.1) is 0 Å². The summed E-state index contributed by atoms with van der Waals surface area (Å²) < 4.78 is 19.0. The van der Waals surface area contributed by atoms with E-state index in [-0.39, 0.29) is 0 Å². The van der Waals surface area contributed by atoms with Gasteiger partial charge in [-0.25, -0.2) is 0 Å². The van der Waals surface area contributed by atoms with Crippen molar-refractivity contribution in [1.82, 2.24) is 0 Å². The van der Waals surface area contributed by atoms with E-state index in [0.29, 0.717) is 5.75 Å². The molecule has 4 aromatic carbocycles. The van der Waals surface area contributed by atoms with Crippen LogP contribution in [-0.4, -0.2) is 21.3 Å². The van der Waals surface area contributed by atoms with Crippen LogP contribution >= 0.6 is 20.8 Å². The first-order chi connectivity index (χ1) is 16.1. The van der Waals surface area contributed by atoms with E-state index in [4.69, 9.17) is 14.2 Å². The SMILES string of the molecule is COc1ccccc1C(OC)(OC)P(Br)(c1ccccc1)(c1ccccc1)c1ccccc1. The number of ether oxygens (including phenoxy) is 3. The van der Waals surface area contributed by atoms with Gasteiger partial charge in [-0.3, -0.25) is 0 Å². The molecule has 4 rings (SSSR count). The van der Waals surface area contributed by atoms with Gasteiger partial charge < -0.3 is 0 Å². The minimum absolute atomic E-state index is 0.692. The number of methoxy groups -OCH3 is 3. The summed E-state index contributed by atoms with van der Waals surface area (Å²) in [7, 11) is 5.08. The second kappa shape index (κ2) is 9.40. The van der Waals surface area contributed by atoms with E-state index in [0.717, 1.165) is 21.5 Å².